The third-order valence-electron chi connectivity index (χ3n) is 4.32. The second-order valence-corrected chi connectivity index (χ2v) is 6.56. The van der Waals surface area contributed by atoms with Gasteiger partial charge in [-0.05, 0) is 72.8 Å². The van der Waals surface area contributed by atoms with Crippen LogP contribution in [0.2, 0.25) is 0 Å². The molecule has 0 saturated heterocycles. The number of rotatable bonds is 6. The summed E-state index contributed by atoms with van der Waals surface area (Å²) < 4.78 is 16.4. The highest BCUT2D eigenvalue weighted by Gasteiger charge is 2.15. The normalized spacial score (nSPS) is 10.2. The van der Waals surface area contributed by atoms with E-state index in [9.17, 15) is 9.59 Å². The first-order valence-corrected chi connectivity index (χ1v) is 9.60. The van der Waals surface area contributed by atoms with Crippen LogP contribution in [-0.2, 0) is 4.74 Å². The van der Waals surface area contributed by atoms with Crippen molar-refractivity contribution in [3.8, 4) is 23.0 Å². The SMILES string of the molecule is O=C(OC(=O)c1ccc(Oc2ccccc2)cc1)c1ccc(Oc2ccccc2)cc1. The number of para-hydroxylation sites is 2. The predicted octanol–water partition coefficient (Wildman–Crippen LogP) is 6.27. The summed E-state index contributed by atoms with van der Waals surface area (Å²) in [5.41, 5.74) is 0.496. The highest BCUT2D eigenvalue weighted by molar-refractivity contribution is 6.02. The molecule has 0 aliphatic heterocycles. The van der Waals surface area contributed by atoms with Crippen molar-refractivity contribution in [1.82, 2.24) is 0 Å². The van der Waals surface area contributed by atoms with E-state index in [1.807, 2.05) is 60.7 Å². The maximum atomic E-state index is 12.3. The molecule has 5 heteroatoms. The summed E-state index contributed by atoms with van der Waals surface area (Å²) in [6.07, 6.45) is 0. The molecule has 4 aromatic rings. The summed E-state index contributed by atoms with van der Waals surface area (Å²) in [5.74, 6) is 1.05. The van der Waals surface area contributed by atoms with Crippen molar-refractivity contribution in [2.24, 2.45) is 0 Å². The molecule has 152 valence electrons. The van der Waals surface area contributed by atoms with Crippen molar-refractivity contribution in [3.63, 3.8) is 0 Å². The zero-order valence-corrected chi connectivity index (χ0v) is 16.4. The fourth-order valence-electron chi connectivity index (χ4n) is 2.77. The first-order chi connectivity index (χ1) is 15.2. The molecule has 31 heavy (non-hydrogen) atoms. The van der Waals surface area contributed by atoms with Crippen LogP contribution < -0.4 is 9.47 Å². The van der Waals surface area contributed by atoms with Gasteiger partial charge in [-0.25, -0.2) is 9.59 Å². The topological polar surface area (TPSA) is 61.8 Å². The van der Waals surface area contributed by atoms with Crippen LogP contribution >= 0.6 is 0 Å². The third-order valence-corrected chi connectivity index (χ3v) is 4.32. The predicted molar refractivity (Wildman–Crippen MR) is 116 cm³/mol. The number of hydrogen-bond donors (Lipinski definition) is 0. The van der Waals surface area contributed by atoms with Gasteiger partial charge in [0.2, 0.25) is 0 Å². The number of carbonyl (C=O) groups is 2. The highest BCUT2D eigenvalue weighted by atomic mass is 16.6. The summed E-state index contributed by atoms with van der Waals surface area (Å²) in [6, 6.07) is 31.3. The fraction of sp³-hybridized carbons (Fsp3) is 0. The Labute approximate surface area is 179 Å². The lowest BCUT2D eigenvalue weighted by Crippen LogP contribution is -2.12. The Kier molecular flexibility index (Phi) is 6.05. The second-order valence-electron chi connectivity index (χ2n) is 6.56. The largest absolute Gasteiger partial charge is 0.457 e. The van der Waals surface area contributed by atoms with E-state index in [4.69, 9.17) is 14.2 Å². The minimum atomic E-state index is -0.735. The molecule has 0 heterocycles. The van der Waals surface area contributed by atoms with Gasteiger partial charge in [-0.1, -0.05) is 36.4 Å². The minimum absolute atomic E-state index is 0.248. The van der Waals surface area contributed by atoms with Crippen LogP contribution in [0, 0.1) is 0 Å². The number of benzene rings is 4. The molecular formula is C26H18O5. The van der Waals surface area contributed by atoms with Gasteiger partial charge in [0.1, 0.15) is 23.0 Å². The van der Waals surface area contributed by atoms with Crippen molar-refractivity contribution in [2.75, 3.05) is 0 Å². The molecule has 4 aromatic carbocycles. The van der Waals surface area contributed by atoms with E-state index in [1.54, 1.807) is 48.5 Å². The molecule has 0 unspecified atom stereocenters. The van der Waals surface area contributed by atoms with Crippen LogP contribution in [0.25, 0.3) is 0 Å². The van der Waals surface area contributed by atoms with Gasteiger partial charge < -0.3 is 14.2 Å². The van der Waals surface area contributed by atoms with Crippen LogP contribution in [0.4, 0.5) is 0 Å². The number of carbonyl (C=O) groups excluding carboxylic acids is 2. The van der Waals surface area contributed by atoms with Gasteiger partial charge >= 0.3 is 11.9 Å². The van der Waals surface area contributed by atoms with Crippen molar-refractivity contribution in [3.05, 3.63) is 120 Å². The molecule has 5 nitrogen and oxygen atoms in total. The van der Waals surface area contributed by atoms with Crippen molar-refractivity contribution in [2.45, 2.75) is 0 Å². The molecule has 0 fully saturated rings. The molecular weight excluding hydrogens is 392 g/mol. The Hall–Kier alpha value is -4.38. The molecule has 0 spiro atoms. The second kappa shape index (κ2) is 9.41. The van der Waals surface area contributed by atoms with E-state index in [2.05, 4.69) is 0 Å². The minimum Gasteiger partial charge on any atom is -0.457 e. The Bertz CT molecular complexity index is 1060. The molecule has 0 N–H and O–H groups in total. The van der Waals surface area contributed by atoms with E-state index in [0.29, 0.717) is 23.0 Å². The number of ether oxygens (including phenoxy) is 3. The summed E-state index contributed by atoms with van der Waals surface area (Å²) in [4.78, 5) is 24.6. The molecule has 0 aliphatic rings. The maximum Gasteiger partial charge on any atom is 0.346 e. The lowest BCUT2D eigenvalue weighted by atomic mass is 10.2. The van der Waals surface area contributed by atoms with Crippen LogP contribution in [0.5, 0.6) is 23.0 Å². The summed E-state index contributed by atoms with van der Waals surface area (Å²) in [5, 5.41) is 0. The Morgan fingerprint density at radius 2 is 0.742 bits per heavy atom. The molecule has 0 amide bonds. The highest BCUT2D eigenvalue weighted by Crippen LogP contribution is 2.23. The van der Waals surface area contributed by atoms with Crippen LogP contribution in [0.15, 0.2) is 109 Å². The van der Waals surface area contributed by atoms with Gasteiger partial charge in [0, 0.05) is 0 Å². The van der Waals surface area contributed by atoms with E-state index in [-0.39, 0.29) is 11.1 Å². The molecule has 0 radical (unpaired) electrons. The van der Waals surface area contributed by atoms with Crippen LogP contribution in [0.3, 0.4) is 0 Å². The molecule has 0 aliphatic carbocycles. The van der Waals surface area contributed by atoms with Crippen molar-refractivity contribution >= 4 is 11.9 Å². The quantitative estimate of drug-likeness (QED) is 0.277. The van der Waals surface area contributed by atoms with Gasteiger partial charge in [-0.2, -0.15) is 0 Å². The molecule has 0 atom stereocenters. The fourth-order valence-corrected chi connectivity index (χ4v) is 2.77. The third kappa shape index (κ3) is 5.36. The molecule has 4 rings (SSSR count). The van der Waals surface area contributed by atoms with Crippen molar-refractivity contribution in [1.29, 1.82) is 0 Å². The average molecular weight is 410 g/mol. The van der Waals surface area contributed by atoms with Gasteiger partial charge in [-0.3, -0.25) is 0 Å². The lowest BCUT2D eigenvalue weighted by molar-refractivity contribution is 0.0398. The first kappa shape index (κ1) is 19.9. The lowest BCUT2D eigenvalue weighted by Gasteiger charge is -2.08. The molecule has 0 saturated carbocycles. The molecule has 0 aromatic heterocycles. The van der Waals surface area contributed by atoms with Gasteiger partial charge in [0.15, 0.2) is 0 Å². The number of hydrogen-bond acceptors (Lipinski definition) is 5. The Morgan fingerprint density at radius 3 is 1.10 bits per heavy atom. The van der Waals surface area contributed by atoms with E-state index in [0.717, 1.165) is 0 Å². The van der Waals surface area contributed by atoms with Crippen LogP contribution in [0.1, 0.15) is 20.7 Å². The monoisotopic (exact) mass is 410 g/mol. The Morgan fingerprint density at radius 1 is 0.419 bits per heavy atom. The van der Waals surface area contributed by atoms with Gasteiger partial charge in [0.25, 0.3) is 0 Å². The van der Waals surface area contributed by atoms with Gasteiger partial charge in [0.05, 0.1) is 11.1 Å². The average Bonchev–Trinajstić information content (AvgIpc) is 2.81. The van der Waals surface area contributed by atoms with E-state index < -0.39 is 11.9 Å². The zero-order valence-electron chi connectivity index (χ0n) is 16.4. The van der Waals surface area contributed by atoms with Gasteiger partial charge in [-0.15, -0.1) is 0 Å². The Balaban J connectivity index is 1.35. The van der Waals surface area contributed by atoms with E-state index >= 15 is 0 Å². The first-order valence-electron chi connectivity index (χ1n) is 9.60. The smallest absolute Gasteiger partial charge is 0.346 e. The van der Waals surface area contributed by atoms with E-state index in [1.165, 1.54) is 0 Å². The zero-order chi connectivity index (χ0) is 21.5. The summed E-state index contributed by atoms with van der Waals surface area (Å²) in [6.45, 7) is 0. The number of esters is 2. The standard InChI is InChI=1S/C26H18O5/c27-25(19-11-15-23(16-12-19)29-21-7-3-1-4-8-21)31-26(28)20-13-17-24(18-14-20)30-22-9-5-2-6-10-22/h1-18H. The summed E-state index contributed by atoms with van der Waals surface area (Å²) >= 11 is 0. The molecule has 0 bridgehead atoms. The summed E-state index contributed by atoms with van der Waals surface area (Å²) in [7, 11) is 0. The van der Waals surface area contributed by atoms with Crippen molar-refractivity contribution < 1.29 is 23.8 Å². The van der Waals surface area contributed by atoms with Crippen LogP contribution in [-0.4, -0.2) is 11.9 Å². The maximum absolute atomic E-state index is 12.3.